The highest BCUT2D eigenvalue weighted by Gasteiger charge is 2.14. The third-order valence-electron chi connectivity index (χ3n) is 4.34. The monoisotopic (exact) mass is 380 g/mol. The van der Waals surface area contributed by atoms with Gasteiger partial charge in [0.2, 0.25) is 0 Å². The van der Waals surface area contributed by atoms with Crippen molar-refractivity contribution < 1.29 is 4.74 Å². The van der Waals surface area contributed by atoms with Crippen molar-refractivity contribution in [2.24, 2.45) is 0 Å². The molecule has 0 amide bonds. The number of aromatic nitrogens is 5. The number of hydrogen-bond acceptors (Lipinski definition) is 7. The second kappa shape index (κ2) is 7.42. The second-order valence-corrected chi connectivity index (χ2v) is 7.15. The Bertz CT molecular complexity index is 1040. The molecule has 1 aromatic carbocycles. The Balaban J connectivity index is 1.60. The van der Waals surface area contributed by atoms with Gasteiger partial charge in [0.25, 0.3) is 0 Å². The standard InChI is InChI=1S/C19H20N6OS/c1-13(26-3)19-20-15(12-27-19)11-24(2)17-10-9-16-21-22-18(25(16)23-17)14-7-5-4-6-8-14/h4-10,12-13H,11H2,1-3H3. The topological polar surface area (TPSA) is 68.4 Å². The maximum atomic E-state index is 5.34. The van der Waals surface area contributed by atoms with E-state index in [1.807, 2.05) is 56.4 Å². The van der Waals surface area contributed by atoms with Crippen molar-refractivity contribution in [1.82, 2.24) is 24.8 Å². The molecule has 0 N–H and O–H groups in total. The fraction of sp³-hybridized carbons (Fsp3) is 0.263. The Morgan fingerprint density at radius 2 is 1.96 bits per heavy atom. The average molecular weight is 380 g/mol. The van der Waals surface area contributed by atoms with E-state index in [1.54, 1.807) is 23.0 Å². The van der Waals surface area contributed by atoms with Crippen molar-refractivity contribution >= 4 is 22.8 Å². The van der Waals surface area contributed by atoms with Crippen LogP contribution in [-0.2, 0) is 11.3 Å². The molecule has 1 unspecified atom stereocenters. The molecule has 4 rings (SSSR count). The number of methoxy groups -OCH3 is 1. The zero-order chi connectivity index (χ0) is 18.8. The Morgan fingerprint density at radius 3 is 2.74 bits per heavy atom. The van der Waals surface area contributed by atoms with E-state index >= 15 is 0 Å². The molecule has 0 aliphatic heterocycles. The lowest BCUT2D eigenvalue weighted by Gasteiger charge is -2.16. The molecule has 0 bridgehead atoms. The van der Waals surface area contributed by atoms with Crippen LogP contribution in [-0.4, -0.2) is 39.0 Å². The average Bonchev–Trinajstić information content (AvgIpc) is 3.34. The van der Waals surface area contributed by atoms with Crippen LogP contribution in [0, 0.1) is 0 Å². The van der Waals surface area contributed by atoms with Crippen molar-refractivity contribution in [2.45, 2.75) is 19.6 Å². The molecule has 0 radical (unpaired) electrons. The molecule has 138 valence electrons. The van der Waals surface area contributed by atoms with E-state index in [2.05, 4.69) is 25.5 Å². The maximum absolute atomic E-state index is 5.34. The first kappa shape index (κ1) is 17.6. The van der Waals surface area contributed by atoms with Gasteiger partial charge in [0.15, 0.2) is 11.5 Å². The van der Waals surface area contributed by atoms with E-state index in [0.717, 1.165) is 33.6 Å². The van der Waals surface area contributed by atoms with Gasteiger partial charge in [-0.1, -0.05) is 30.3 Å². The summed E-state index contributed by atoms with van der Waals surface area (Å²) in [6, 6.07) is 13.8. The van der Waals surface area contributed by atoms with Crippen LogP contribution in [0.3, 0.4) is 0 Å². The van der Waals surface area contributed by atoms with E-state index < -0.39 is 0 Å². The van der Waals surface area contributed by atoms with Crippen LogP contribution in [0.2, 0.25) is 0 Å². The molecule has 3 aromatic heterocycles. The molecule has 0 aliphatic carbocycles. The third kappa shape index (κ3) is 3.54. The third-order valence-corrected chi connectivity index (χ3v) is 5.40. The molecular formula is C19H20N6OS. The fourth-order valence-corrected chi connectivity index (χ4v) is 3.60. The van der Waals surface area contributed by atoms with Crippen molar-refractivity contribution in [1.29, 1.82) is 0 Å². The first-order valence-electron chi connectivity index (χ1n) is 8.62. The lowest BCUT2D eigenvalue weighted by molar-refractivity contribution is 0.119. The molecule has 3 heterocycles. The summed E-state index contributed by atoms with van der Waals surface area (Å²) in [5.74, 6) is 1.56. The number of ether oxygens (including phenoxy) is 1. The zero-order valence-electron chi connectivity index (χ0n) is 15.4. The van der Waals surface area contributed by atoms with Crippen LogP contribution in [0.25, 0.3) is 17.0 Å². The summed E-state index contributed by atoms with van der Waals surface area (Å²) < 4.78 is 7.12. The van der Waals surface area contributed by atoms with E-state index in [0.29, 0.717) is 6.54 Å². The molecule has 7 nitrogen and oxygen atoms in total. The van der Waals surface area contributed by atoms with E-state index in [4.69, 9.17) is 9.84 Å². The first-order valence-corrected chi connectivity index (χ1v) is 9.50. The Labute approximate surface area is 161 Å². The van der Waals surface area contributed by atoms with Crippen molar-refractivity contribution in [3.8, 4) is 11.4 Å². The predicted octanol–water partition coefficient (Wildman–Crippen LogP) is 3.59. The van der Waals surface area contributed by atoms with Gasteiger partial charge in [0.05, 0.1) is 12.2 Å². The van der Waals surface area contributed by atoms with Gasteiger partial charge in [0.1, 0.15) is 16.9 Å². The van der Waals surface area contributed by atoms with Gasteiger partial charge < -0.3 is 9.64 Å². The van der Waals surface area contributed by atoms with Gasteiger partial charge in [-0.3, -0.25) is 0 Å². The van der Waals surface area contributed by atoms with Gasteiger partial charge in [-0.2, -0.15) is 4.52 Å². The minimum absolute atomic E-state index is 0.00832. The van der Waals surface area contributed by atoms with Gasteiger partial charge in [-0.05, 0) is 19.1 Å². The van der Waals surface area contributed by atoms with Crippen molar-refractivity contribution in [3.05, 3.63) is 58.5 Å². The minimum atomic E-state index is 0.00832. The highest BCUT2D eigenvalue weighted by atomic mass is 32.1. The lowest BCUT2D eigenvalue weighted by atomic mass is 10.2. The maximum Gasteiger partial charge on any atom is 0.185 e. The smallest absolute Gasteiger partial charge is 0.185 e. The number of rotatable bonds is 6. The largest absolute Gasteiger partial charge is 0.375 e. The van der Waals surface area contributed by atoms with Crippen LogP contribution < -0.4 is 4.90 Å². The molecule has 8 heteroatoms. The molecule has 0 fully saturated rings. The predicted molar refractivity (Wildman–Crippen MR) is 106 cm³/mol. The zero-order valence-corrected chi connectivity index (χ0v) is 16.2. The molecule has 1 atom stereocenters. The Morgan fingerprint density at radius 1 is 1.15 bits per heavy atom. The molecule has 0 saturated heterocycles. The summed E-state index contributed by atoms with van der Waals surface area (Å²) in [6.45, 7) is 2.66. The molecule has 0 saturated carbocycles. The SMILES string of the molecule is COC(C)c1nc(CN(C)c2ccc3nnc(-c4ccccc4)n3n2)cs1. The number of anilines is 1. The normalized spacial score (nSPS) is 12.4. The van der Waals surface area contributed by atoms with Gasteiger partial charge in [0, 0.05) is 25.1 Å². The fourth-order valence-electron chi connectivity index (χ4n) is 2.76. The summed E-state index contributed by atoms with van der Waals surface area (Å²) in [6.07, 6.45) is 0.00832. The van der Waals surface area contributed by atoms with Crippen molar-refractivity contribution in [2.75, 3.05) is 19.1 Å². The van der Waals surface area contributed by atoms with Gasteiger partial charge >= 0.3 is 0 Å². The summed E-state index contributed by atoms with van der Waals surface area (Å²) in [4.78, 5) is 6.72. The van der Waals surface area contributed by atoms with Crippen LogP contribution in [0.1, 0.15) is 23.7 Å². The highest BCUT2D eigenvalue weighted by molar-refractivity contribution is 7.09. The first-order chi connectivity index (χ1) is 13.2. The highest BCUT2D eigenvalue weighted by Crippen LogP contribution is 2.23. The Kier molecular flexibility index (Phi) is 4.83. The summed E-state index contributed by atoms with van der Waals surface area (Å²) in [5, 5.41) is 16.3. The summed E-state index contributed by atoms with van der Waals surface area (Å²) in [5.41, 5.74) is 2.70. The quantitative estimate of drug-likeness (QED) is 0.509. The van der Waals surface area contributed by atoms with Crippen LogP contribution in [0.15, 0.2) is 47.8 Å². The van der Waals surface area contributed by atoms with Crippen LogP contribution in [0.4, 0.5) is 5.82 Å². The molecule has 27 heavy (non-hydrogen) atoms. The molecule has 4 aromatic rings. The molecule has 0 aliphatic rings. The van der Waals surface area contributed by atoms with Gasteiger partial charge in [-0.15, -0.1) is 26.6 Å². The number of thiazole rings is 1. The van der Waals surface area contributed by atoms with Gasteiger partial charge in [-0.25, -0.2) is 4.98 Å². The van der Waals surface area contributed by atoms with E-state index in [9.17, 15) is 0 Å². The summed E-state index contributed by atoms with van der Waals surface area (Å²) >= 11 is 1.61. The number of nitrogens with zero attached hydrogens (tertiary/aromatic N) is 6. The lowest BCUT2D eigenvalue weighted by Crippen LogP contribution is -2.19. The summed E-state index contributed by atoms with van der Waals surface area (Å²) in [7, 11) is 3.69. The van der Waals surface area contributed by atoms with Crippen molar-refractivity contribution in [3.63, 3.8) is 0 Å². The Hall–Kier alpha value is -2.84. The number of hydrogen-bond donors (Lipinski definition) is 0. The van der Waals surface area contributed by atoms with Crippen LogP contribution >= 0.6 is 11.3 Å². The van der Waals surface area contributed by atoms with E-state index in [-0.39, 0.29) is 6.10 Å². The molecule has 0 spiro atoms. The number of fused-ring (bicyclic) bond motifs is 1. The van der Waals surface area contributed by atoms with Crippen LogP contribution in [0.5, 0.6) is 0 Å². The number of benzene rings is 1. The van der Waals surface area contributed by atoms with E-state index in [1.165, 1.54) is 0 Å². The second-order valence-electron chi connectivity index (χ2n) is 6.26. The molecular weight excluding hydrogens is 360 g/mol. The minimum Gasteiger partial charge on any atom is -0.375 e.